The molecule has 1 aromatic carbocycles. The summed E-state index contributed by atoms with van der Waals surface area (Å²) in [5, 5.41) is 6.50. The maximum Gasteiger partial charge on any atom is 0.191 e. The Kier molecular flexibility index (Phi) is 8.00. The maximum atomic E-state index is 11.4. The zero-order chi connectivity index (χ0) is 18.0. The molecule has 0 amide bonds. The largest absolute Gasteiger partial charge is 0.494 e. The molecule has 140 valence electrons. The van der Waals surface area contributed by atoms with Crippen LogP contribution in [-0.4, -0.2) is 77.2 Å². The van der Waals surface area contributed by atoms with Crippen molar-refractivity contribution in [2.45, 2.75) is 6.42 Å². The van der Waals surface area contributed by atoms with Crippen LogP contribution in [-0.2, 0) is 9.84 Å². The quantitative estimate of drug-likeness (QED) is 0.391. The molecule has 1 heterocycles. The van der Waals surface area contributed by atoms with Gasteiger partial charge in [0.1, 0.15) is 5.75 Å². The summed E-state index contributed by atoms with van der Waals surface area (Å²) in [4.78, 5) is 6.35. The SMILES string of the molecule is CN=C(NCCCOc1ccccc1)NCCN1CCS(=O)(=O)CC1. The summed E-state index contributed by atoms with van der Waals surface area (Å²) in [5.41, 5.74) is 0. The second-order valence-corrected chi connectivity index (χ2v) is 8.24. The van der Waals surface area contributed by atoms with Crippen molar-refractivity contribution in [2.24, 2.45) is 4.99 Å². The van der Waals surface area contributed by atoms with Gasteiger partial charge in [-0.05, 0) is 18.6 Å². The molecule has 1 fully saturated rings. The Morgan fingerprint density at radius 2 is 1.84 bits per heavy atom. The zero-order valence-corrected chi connectivity index (χ0v) is 15.6. The van der Waals surface area contributed by atoms with E-state index in [1.165, 1.54) is 0 Å². The molecule has 2 rings (SSSR count). The predicted molar refractivity (Wildman–Crippen MR) is 101 cm³/mol. The first-order chi connectivity index (χ1) is 12.1. The van der Waals surface area contributed by atoms with E-state index in [4.69, 9.17) is 4.74 Å². The average molecular weight is 369 g/mol. The van der Waals surface area contributed by atoms with Gasteiger partial charge < -0.3 is 15.4 Å². The summed E-state index contributed by atoms with van der Waals surface area (Å²) >= 11 is 0. The molecule has 25 heavy (non-hydrogen) atoms. The highest BCUT2D eigenvalue weighted by Crippen LogP contribution is 2.08. The number of rotatable bonds is 8. The molecule has 7 nitrogen and oxygen atoms in total. The normalized spacial score (nSPS) is 17.9. The van der Waals surface area contributed by atoms with Crippen LogP contribution in [0.3, 0.4) is 0 Å². The summed E-state index contributed by atoms with van der Waals surface area (Å²) in [5.74, 6) is 2.17. The molecule has 0 radical (unpaired) electrons. The van der Waals surface area contributed by atoms with E-state index in [1.807, 2.05) is 30.3 Å². The number of hydrogen-bond acceptors (Lipinski definition) is 5. The number of aliphatic imine (C=N–C) groups is 1. The monoisotopic (exact) mass is 368 g/mol. The van der Waals surface area contributed by atoms with Crippen LogP contribution < -0.4 is 15.4 Å². The Balaban J connectivity index is 1.53. The van der Waals surface area contributed by atoms with Crippen molar-refractivity contribution in [3.63, 3.8) is 0 Å². The number of ether oxygens (including phenoxy) is 1. The Bertz CT molecular complexity index is 621. The minimum atomic E-state index is -2.81. The van der Waals surface area contributed by atoms with Gasteiger partial charge in [-0.25, -0.2) is 8.42 Å². The van der Waals surface area contributed by atoms with E-state index in [0.29, 0.717) is 19.7 Å². The molecule has 0 unspecified atom stereocenters. The van der Waals surface area contributed by atoms with Gasteiger partial charge in [-0.2, -0.15) is 0 Å². The lowest BCUT2D eigenvalue weighted by atomic mass is 10.3. The number of nitrogens with zero attached hydrogens (tertiary/aromatic N) is 2. The van der Waals surface area contributed by atoms with Gasteiger partial charge in [0.15, 0.2) is 15.8 Å². The summed E-state index contributed by atoms with van der Waals surface area (Å²) < 4.78 is 28.5. The second kappa shape index (κ2) is 10.2. The topological polar surface area (TPSA) is 83.0 Å². The second-order valence-electron chi connectivity index (χ2n) is 5.93. The molecule has 2 N–H and O–H groups in total. The zero-order valence-electron chi connectivity index (χ0n) is 14.8. The molecule has 1 aliphatic heterocycles. The number of nitrogens with one attached hydrogen (secondary N) is 2. The Labute approximate surface area is 150 Å². The van der Waals surface area contributed by atoms with Crippen molar-refractivity contribution in [1.82, 2.24) is 15.5 Å². The molecular formula is C17H28N4O3S. The van der Waals surface area contributed by atoms with Gasteiger partial charge in [-0.1, -0.05) is 18.2 Å². The van der Waals surface area contributed by atoms with Crippen LogP contribution in [0.25, 0.3) is 0 Å². The van der Waals surface area contributed by atoms with Crippen molar-refractivity contribution < 1.29 is 13.2 Å². The number of para-hydroxylation sites is 1. The minimum Gasteiger partial charge on any atom is -0.494 e. The molecule has 0 atom stereocenters. The van der Waals surface area contributed by atoms with Crippen molar-refractivity contribution in [3.05, 3.63) is 30.3 Å². The predicted octanol–water partition coefficient (Wildman–Crippen LogP) is 0.351. The highest BCUT2D eigenvalue weighted by atomic mass is 32.2. The third-order valence-electron chi connectivity index (χ3n) is 4.01. The van der Waals surface area contributed by atoms with Gasteiger partial charge in [-0.3, -0.25) is 9.89 Å². The first-order valence-electron chi connectivity index (χ1n) is 8.64. The highest BCUT2D eigenvalue weighted by molar-refractivity contribution is 7.91. The van der Waals surface area contributed by atoms with Gasteiger partial charge in [0.05, 0.1) is 18.1 Å². The van der Waals surface area contributed by atoms with Crippen molar-refractivity contribution in [1.29, 1.82) is 0 Å². The van der Waals surface area contributed by atoms with Gasteiger partial charge in [0.2, 0.25) is 0 Å². The van der Waals surface area contributed by atoms with Crippen molar-refractivity contribution in [2.75, 3.05) is 57.9 Å². The van der Waals surface area contributed by atoms with E-state index in [9.17, 15) is 8.42 Å². The van der Waals surface area contributed by atoms with Crippen molar-refractivity contribution >= 4 is 15.8 Å². The summed E-state index contributed by atoms with van der Waals surface area (Å²) in [6.45, 7) is 4.21. The third kappa shape index (κ3) is 7.74. The van der Waals surface area contributed by atoms with Crippen LogP contribution in [0.4, 0.5) is 0 Å². The van der Waals surface area contributed by atoms with E-state index in [2.05, 4.69) is 20.5 Å². The number of sulfone groups is 1. The van der Waals surface area contributed by atoms with Crippen LogP contribution in [0, 0.1) is 0 Å². The van der Waals surface area contributed by atoms with Gasteiger partial charge in [0, 0.05) is 39.8 Å². The highest BCUT2D eigenvalue weighted by Gasteiger charge is 2.20. The van der Waals surface area contributed by atoms with E-state index in [-0.39, 0.29) is 11.5 Å². The first kappa shape index (κ1) is 19.5. The molecule has 0 aromatic heterocycles. The van der Waals surface area contributed by atoms with Crippen LogP contribution in [0.2, 0.25) is 0 Å². The average Bonchev–Trinajstić information content (AvgIpc) is 2.62. The summed E-state index contributed by atoms with van der Waals surface area (Å²) in [6.07, 6.45) is 0.875. The van der Waals surface area contributed by atoms with E-state index in [0.717, 1.165) is 37.8 Å². The molecule has 1 aliphatic rings. The molecule has 8 heteroatoms. The fourth-order valence-electron chi connectivity index (χ4n) is 2.51. The fourth-order valence-corrected chi connectivity index (χ4v) is 3.79. The Morgan fingerprint density at radius 3 is 2.52 bits per heavy atom. The lowest BCUT2D eigenvalue weighted by Gasteiger charge is -2.26. The molecule has 1 aromatic rings. The Hall–Kier alpha value is -1.80. The number of benzene rings is 1. The van der Waals surface area contributed by atoms with Gasteiger partial charge >= 0.3 is 0 Å². The molecule has 0 aliphatic carbocycles. The minimum absolute atomic E-state index is 0.265. The van der Waals surface area contributed by atoms with E-state index in [1.54, 1.807) is 7.05 Å². The summed E-state index contributed by atoms with van der Waals surface area (Å²) in [6, 6.07) is 9.76. The standard InChI is InChI=1S/C17H28N4O3S/c1-18-17(19-8-5-13-24-16-6-3-2-4-7-16)20-9-10-21-11-14-25(22,23)15-12-21/h2-4,6-7H,5,8-15H2,1H3,(H2,18,19,20). The van der Waals surface area contributed by atoms with Crippen LogP contribution in [0.15, 0.2) is 35.3 Å². The smallest absolute Gasteiger partial charge is 0.191 e. The maximum absolute atomic E-state index is 11.4. The van der Waals surface area contributed by atoms with E-state index < -0.39 is 9.84 Å². The molecule has 0 saturated carbocycles. The third-order valence-corrected chi connectivity index (χ3v) is 5.62. The lowest BCUT2D eigenvalue weighted by Crippen LogP contribution is -2.46. The van der Waals surface area contributed by atoms with Crippen LogP contribution >= 0.6 is 0 Å². The molecule has 0 spiro atoms. The molecule has 1 saturated heterocycles. The van der Waals surface area contributed by atoms with Crippen molar-refractivity contribution in [3.8, 4) is 5.75 Å². The number of hydrogen-bond donors (Lipinski definition) is 2. The summed E-state index contributed by atoms with van der Waals surface area (Å²) in [7, 11) is -1.07. The first-order valence-corrected chi connectivity index (χ1v) is 10.5. The van der Waals surface area contributed by atoms with Crippen LogP contribution in [0.1, 0.15) is 6.42 Å². The molecule has 0 bridgehead atoms. The van der Waals surface area contributed by atoms with Gasteiger partial charge in [0.25, 0.3) is 0 Å². The lowest BCUT2D eigenvalue weighted by molar-refractivity contribution is 0.299. The fraction of sp³-hybridized carbons (Fsp3) is 0.588. The number of guanidine groups is 1. The van der Waals surface area contributed by atoms with Crippen LogP contribution in [0.5, 0.6) is 5.75 Å². The van der Waals surface area contributed by atoms with Gasteiger partial charge in [-0.15, -0.1) is 0 Å². The van der Waals surface area contributed by atoms with E-state index >= 15 is 0 Å². The molecular weight excluding hydrogens is 340 g/mol. The Morgan fingerprint density at radius 1 is 1.16 bits per heavy atom.